The molecule has 0 saturated heterocycles. The fraction of sp³-hybridized carbons (Fsp3) is 0.421. The van der Waals surface area contributed by atoms with Crippen molar-refractivity contribution in [2.75, 3.05) is 6.54 Å². The van der Waals surface area contributed by atoms with Crippen molar-refractivity contribution in [3.8, 4) is 11.3 Å². The third-order valence-corrected chi connectivity index (χ3v) is 4.71. The van der Waals surface area contributed by atoms with Gasteiger partial charge in [0.2, 0.25) is 5.91 Å². The van der Waals surface area contributed by atoms with Gasteiger partial charge in [-0.15, -0.1) is 0 Å². The van der Waals surface area contributed by atoms with Gasteiger partial charge in [0.1, 0.15) is 0 Å². The summed E-state index contributed by atoms with van der Waals surface area (Å²) >= 11 is 0. The fourth-order valence-corrected chi connectivity index (χ4v) is 3.27. The summed E-state index contributed by atoms with van der Waals surface area (Å²) in [5.74, 6) is -2.12. The van der Waals surface area contributed by atoms with E-state index in [1.165, 1.54) is 6.07 Å². The molecule has 1 aromatic carbocycles. The van der Waals surface area contributed by atoms with Crippen molar-refractivity contribution in [2.24, 2.45) is 5.92 Å². The van der Waals surface area contributed by atoms with Crippen LogP contribution < -0.4 is 10.6 Å². The van der Waals surface area contributed by atoms with Gasteiger partial charge in [-0.05, 0) is 19.3 Å². The molecule has 1 fully saturated rings. The highest BCUT2D eigenvalue weighted by Crippen LogP contribution is 2.37. The summed E-state index contributed by atoms with van der Waals surface area (Å²) in [5.41, 5.74) is 0.768. The van der Waals surface area contributed by atoms with Gasteiger partial charge in [0.25, 0.3) is 5.91 Å². The minimum absolute atomic E-state index is 0.0152. The van der Waals surface area contributed by atoms with E-state index in [-0.39, 0.29) is 25.1 Å². The van der Waals surface area contributed by atoms with Crippen molar-refractivity contribution in [2.45, 2.75) is 37.9 Å². The maximum atomic E-state index is 12.8. The Morgan fingerprint density at radius 1 is 1.18 bits per heavy atom. The van der Waals surface area contributed by atoms with Crippen molar-refractivity contribution in [1.29, 1.82) is 0 Å². The van der Waals surface area contributed by atoms with Crippen molar-refractivity contribution in [1.82, 2.24) is 15.8 Å². The largest absolute Gasteiger partial charge is 0.391 e. The zero-order valence-electron chi connectivity index (χ0n) is 15.0. The average Bonchev–Trinajstić information content (AvgIpc) is 3.17. The zero-order chi connectivity index (χ0) is 20.1. The Labute approximate surface area is 159 Å². The summed E-state index contributed by atoms with van der Waals surface area (Å²) in [7, 11) is 0. The zero-order valence-corrected chi connectivity index (χ0v) is 15.0. The Balaban J connectivity index is 1.48. The van der Waals surface area contributed by atoms with E-state index in [2.05, 4.69) is 15.8 Å². The molecular weight excluding hydrogens is 375 g/mol. The number of carbonyl (C=O) groups is 2. The minimum atomic E-state index is -4.25. The molecule has 1 saturated carbocycles. The van der Waals surface area contributed by atoms with Crippen LogP contribution in [0.3, 0.4) is 0 Å². The molecule has 1 aliphatic carbocycles. The molecule has 28 heavy (non-hydrogen) atoms. The molecule has 6 nitrogen and oxygen atoms in total. The van der Waals surface area contributed by atoms with Crippen LogP contribution in [0.5, 0.6) is 0 Å². The fourth-order valence-electron chi connectivity index (χ4n) is 3.27. The van der Waals surface area contributed by atoms with Crippen LogP contribution in [0.4, 0.5) is 13.2 Å². The number of nitrogens with zero attached hydrogens (tertiary/aromatic N) is 1. The van der Waals surface area contributed by atoms with E-state index in [1.54, 1.807) is 12.1 Å². The molecule has 150 valence electrons. The molecule has 3 rings (SSSR count). The molecule has 2 unspecified atom stereocenters. The number of benzene rings is 1. The molecule has 0 bridgehead atoms. The van der Waals surface area contributed by atoms with Gasteiger partial charge >= 0.3 is 6.18 Å². The second-order valence-corrected chi connectivity index (χ2v) is 6.79. The lowest BCUT2D eigenvalue weighted by Crippen LogP contribution is -2.45. The molecule has 2 amide bonds. The maximum absolute atomic E-state index is 12.8. The highest BCUT2D eigenvalue weighted by atomic mass is 19.4. The van der Waals surface area contributed by atoms with E-state index in [0.717, 1.165) is 5.56 Å². The number of rotatable bonds is 5. The van der Waals surface area contributed by atoms with E-state index in [9.17, 15) is 22.8 Å². The lowest BCUT2D eigenvalue weighted by molar-refractivity contribution is -0.184. The summed E-state index contributed by atoms with van der Waals surface area (Å²) in [5, 5.41) is 8.64. The maximum Gasteiger partial charge on any atom is 0.391 e. The van der Waals surface area contributed by atoms with Gasteiger partial charge in [0, 0.05) is 17.7 Å². The van der Waals surface area contributed by atoms with Gasteiger partial charge in [-0.25, -0.2) is 0 Å². The Bertz CT molecular complexity index is 821. The SMILES string of the molecule is O=C(CNC(=O)c1cc(-c2ccccc2)on1)NC1CCCC(C(F)(F)F)C1. The molecule has 0 aliphatic heterocycles. The van der Waals surface area contributed by atoms with Gasteiger partial charge in [-0.1, -0.05) is 41.9 Å². The molecule has 2 atom stereocenters. The van der Waals surface area contributed by atoms with E-state index < -0.39 is 30.0 Å². The lowest BCUT2D eigenvalue weighted by Gasteiger charge is -2.31. The van der Waals surface area contributed by atoms with Crippen molar-refractivity contribution in [3.05, 3.63) is 42.1 Å². The first-order valence-corrected chi connectivity index (χ1v) is 8.99. The number of amides is 2. The molecule has 0 spiro atoms. The molecule has 0 radical (unpaired) electrons. The van der Waals surface area contributed by atoms with E-state index >= 15 is 0 Å². The normalized spacial score (nSPS) is 19.8. The number of aromatic nitrogens is 1. The summed E-state index contributed by atoms with van der Waals surface area (Å²) in [6.45, 7) is -0.348. The van der Waals surface area contributed by atoms with Gasteiger partial charge < -0.3 is 15.2 Å². The Morgan fingerprint density at radius 2 is 1.93 bits per heavy atom. The molecule has 2 N–H and O–H groups in total. The summed E-state index contributed by atoms with van der Waals surface area (Å²) in [6, 6.07) is 9.99. The van der Waals surface area contributed by atoms with Crippen LogP contribution in [-0.4, -0.2) is 35.7 Å². The molecule has 1 aromatic heterocycles. The van der Waals surface area contributed by atoms with Crippen molar-refractivity contribution >= 4 is 11.8 Å². The molecule has 1 aliphatic rings. The number of hydrogen-bond acceptors (Lipinski definition) is 4. The Morgan fingerprint density at radius 3 is 2.64 bits per heavy atom. The van der Waals surface area contributed by atoms with Crippen LogP contribution in [0.1, 0.15) is 36.2 Å². The Hall–Kier alpha value is -2.84. The molecular formula is C19H20F3N3O3. The van der Waals surface area contributed by atoms with Crippen LogP contribution >= 0.6 is 0 Å². The predicted molar refractivity (Wildman–Crippen MR) is 94.2 cm³/mol. The van der Waals surface area contributed by atoms with Gasteiger partial charge in [0.05, 0.1) is 12.5 Å². The second-order valence-electron chi connectivity index (χ2n) is 6.79. The van der Waals surface area contributed by atoms with Crippen molar-refractivity contribution in [3.63, 3.8) is 0 Å². The third-order valence-electron chi connectivity index (χ3n) is 4.71. The molecule has 1 heterocycles. The average molecular weight is 395 g/mol. The van der Waals surface area contributed by atoms with Crippen LogP contribution in [0.2, 0.25) is 0 Å². The molecule has 9 heteroatoms. The van der Waals surface area contributed by atoms with Gasteiger partial charge in [-0.3, -0.25) is 9.59 Å². The van der Waals surface area contributed by atoms with Gasteiger partial charge in [0.15, 0.2) is 11.5 Å². The predicted octanol–water partition coefficient (Wildman–Crippen LogP) is 3.31. The van der Waals surface area contributed by atoms with E-state index in [0.29, 0.717) is 18.6 Å². The number of alkyl halides is 3. The first-order chi connectivity index (χ1) is 13.3. The van der Waals surface area contributed by atoms with E-state index in [1.807, 2.05) is 18.2 Å². The standard InChI is InChI=1S/C19H20F3N3O3/c20-19(21,22)13-7-4-8-14(9-13)24-17(26)11-23-18(27)15-10-16(28-25-15)12-5-2-1-3-6-12/h1-3,5-6,10,13-14H,4,7-9,11H2,(H,23,27)(H,24,26). The molecule has 2 aromatic rings. The van der Waals surface area contributed by atoms with Crippen LogP contribution in [0.15, 0.2) is 40.9 Å². The summed E-state index contributed by atoms with van der Waals surface area (Å²) in [6.07, 6.45) is -3.39. The highest BCUT2D eigenvalue weighted by Gasteiger charge is 2.42. The smallest absolute Gasteiger partial charge is 0.355 e. The first-order valence-electron chi connectivity index (χ1n) is 8.99. The van der Waals surface area contributed by atoms with E-state index in [4.69, 9.17) is 4.52 Å². The number of carbonyl (C=O) groups excluding carboxylic acids is 2. The number of hydrogen-bond donors (Lipinski definition) is 2. The first kappa shape index (κ1) is 19.9. The topological polar surface area (TPSA) is 84.2 Å². The number of nitrogens with one attached hydrogen (secondary N) is 2. The second kappa shape index (κ2) is 8.45. The monoisotopic (exact) mass is 395 g/mol. The van der Waals surface area contributed by atoms with Crippen molar-refractivity contribution < 1.29 is 27.3 Å². The summed E-state index contributed by atoms with van der Waals surface area (Å²) < 4.78 is 43.6. The van der Waals surface area contributed by atoms with Gasteiger partial charge in [-0.2, -0.15) is 13.2 Å². The number of halogens is 3. The van der Waals surface area contributed by atoms with Crippen LogP contribution in [0, 0.1) is 5.92 Å². The van der Waals surface area contributed by atoms with Crippen LogP contribution in [-0.2, 0) is 4.79 Å². The summed E-state index contributed by atoms with van der Waals surface area (Å²) in [4.78, 5) is 24.1. The highest BCUT2D eigenvalue weighted by molar-refractivity contribution is 5.95. The minimum Gasteiger partial charge on any atom is -0.355 e. The lowest BCUT2D eigenvalue weighted by atomic mass is 9.85. The quantitative estimate of drug-likeness (QED) is 0.814. The third kappa shape index (κ3) is 5.11. The van der Waals surface area contributed by atoms with Crippen LogP contribution in [0.25, 0.3) is 11.3 Å². The Kier molecular flexibility index (Phi) is 6.01.